The molecule has 0 aliphatic heterocycles. The molecule has 3 heterocycles. The highest BCUT2D eigenvalue weighted by Gasteiger charge is 2.12. The monoisotopic (exact) mass is 309 g/mol. The van der Waals surface area contributed by atoms with Gasteiger partial charge in [0.2, 0.25) is 0 Å². The molecule has 0 fully saturated rings. The van der Waals surface area contributed by atoms with Crippen LogP contribution in [-0.4, -0.2) is 25.5 Å². The van der Waals surface area contributed by atoms with E-state index in [-0.39, 0.29) is 5.91 Å². The topological polar surface area (TPSA) is 72.2 Å². The number of rotatable bonds is 2. The van der Waals surface area contributed by atoms with Crippen LogP contribution in [0.4, 0.5) is 5.69 Å². The third-order valence-electron chi connectivity index (χ3n) is 3.28. The van der Waals surface area contributed by atoms with Crippen molar-refractivity contribution in [2.75, 3.05) is 5.32 Å². The van der Waals surface area contributed by atoms with Crippen LogP contribution in [0.2, 0.25) is 0 Å². The van der Waals surface area contributed by atoms with Gasteiger partial charge in [-0.25, -0.2) is 14.5 Å². The Bertz CT molecular complexity index is 1000. The number of aryl methyl sites for hydroxylation is 1. The second-order valence-electron chi connectivity index (χ2n) is 4.80. The standard InChI is InChI=1S/C15H11N5OS/c1-9-18-11-8-10(2-3-13(11)22-9)19-15(21)12-4-6-16-14-5-7-17-20(12)14/h2-8H,1H3,(H,19,21). The predicted octanol–water partition coefficient (Wildman–Crippen LogP) is 2.90. The van der Waals surface area contributed by atoms with Gasteiger partial charge in [0.15, 0.2) is 5.65 Å². The molecule has 4 rings (SSSR count). The smallest absolute Gasteiger partial charge is 0.274 e. The lowest BCUT2D eigenvalue weighted by Crippen LogP contribution is -2.16. The highest BCUT2D eigenvalue weighted by atomic mass is 32.1. The number of hydrogen-bond donors (Lipinski definition) is 1. The molecule has 1 amide bonds. The van der Waals surface area contributed by atoms with E-state index in [4.69, 9.17) is 0 Å². The summed E-state index contributed by atoms with van der Waals surface area (Å²) < 4.78 is 2.62. The summed E-state index contributed by atoms with van der Waals surface area (Å²) in [6.07, 6.45) is 3.21. The predicted molar refractivity (Wildman–Crippen MR) is 85.3 cm³/mol. The average molecular weight is 309 g/mol. The molecule has 22 heavy (non-hydrogen) atoms. The van der Waals surface area contributed by atoms with Crippen LogP contribution in [0.3, 0.4) is 0 Å². The van der Waals surface area contributed by atoms with Gasteiger partial charge in [0, 0.05) is 18.0 Å². The fraction of sp³-hybridized carbons (Fsp3) is 0.0667. The molecule has 1 aromatic carbocycles. The maximum atomic E-state index is 12.4. The van der Waals surface area contributed by atoms with E-state index in [1.54, 1.807) is 35.9 Å². The molecule has 108 valence electrons. The zero-order valence-corrected chi connectivity index (χ0v) is 12.5. The number of anilines is 1. The number of thiazole rings is 1. The van der Waals surface area contributed by atoms with Crippen LogP contribution < -0.4 is 5.32 Å². The summed E-state index contributed by atoms with van der Waals surface area (Å²) in [5, 5.41) is 8.00. The number of aromatic nitrogens is 4. The first-order valence-corrected chi connectivity index (χ1v) is 7.50. The molecule has 0 radical (unpaired) electrons. The van der Waals surface area contributed by atoms with Crippen molar-refractivity contribution in [3.8, 4) is 0 Å². The highest BCUT2D eigenvalue weighted by molar-refractivity contribution is 7.18. The number of carbonyl (C=O) groups is 1. The molecule has 0 unspecified atom stereocenters. The molecule has 0 aliphatic rings. The van der Waals surface area contributed by atoms with Gasteiger partial charge < -0.3 is 5.32 Å². The zero-order valence-electron chi connectivity index (χ0n) is 11.6. The Labute approximate surface area is 129 Å². The van der Waals surface area contributed by atoms with Crippen LogP contribution in [0.15, 0.2) is 42.7 Å². The van der Waals surface area contributed by atoms with E-state index in [9.17, 15) is 4.79 Å². The Morgan fingerprint density at radius 2 is 2.14 bits per heavy atom. The van der Waals surface area contributed by atoms with Gasteiger partial charge >= 0.3 is 0 Å². The first-order chi connectivity index (χ1) is 10.7. The number of fused-ring (bicyclic) bond motifs is 2. The summed E-state index contributed by atoms with van der Waals surface area (Å²) in [7, 11) is 0. The van der Waals surface area contributed by atoms with Crippen LogP contribution in [0.25, 0.3) is 15.9 Å². The van der Waals surface area contributed by atoms with Crippen molar-refractivity contribution < 1.29 is 4.79 Å². The molecule has 0 saturated heterocycles. The van der Waals surface area contributed by atoms with Crippen molar-refractivity contribution in [1.82, 2.24) is 19.6 Å². The van der Waals surface area contributed by atoms with E-state index in [1.165, 1.54) is 4.52 Å². The number of carbonyl (C=O) groups excluding carboxylic acids is 1. The minimum Gasteiger partial charge on any atom is -0.321 e. The van der Waals surface area contributed by atoms with Gasteiger partial charge in [-0.1, -0.05) is 0 Å². The van der Waals surface area contributed by atoms with Gasteiger partial charge in [-0.15, -0.1) is 11.3 Å². The number of benzene rings is 1. The average Bonchev–Trinajstić information content (AvgIpc) is 3.11. The first-order valence-electron chi connectivity index (χ1n) is 6.68. The lowest BCUT2D eigenvalue weighted by atomic mass is 10.3. The summed E-state index contributed by atoms with van der Waals surface area (Å²) in [6.45, 7) is 1.97. The number of hydrogen-bond acceptors (Lipinski definition) is 5. The van der Waals surface area contributed by atoms with E-state index in [2.05, 4.69) is 20.4 Å². The van der Waals surface area contributed by atoms with Gasteiger partial charge in [-0.2, -0.15) is 5.10 Å². The van der Waals surface area contributed by atoms with Crippen LogP contribution >= 0.6 is 11.3 Å². The first kappa shape index (κ1) is 12.9. The lowest BCUT2D eigenvalue weighted by molar-refractivity contribution is 0.102. The largest absolute Gasteiger partial charge is 0.321 e. The maximum Gasteiger partial charge on any atom is 0.274 e. The second kappa shape index (κ2) is 4.88. The van der Waals surface area contributed by atoms with Crippen molar-refractivity contribution in [2.45, 2.75) is 6.92 Å². The zero-order chi connectivity index (χ0) is 15.1. The molecule has 4 aromatic rings. The van der Waals surface area contributed by atoms with Gasteiger partial charge in [-0.05, 0) is 31.2 Å². The van der Waals surface area contributed by atoms with Crippen LogP contribution in [0.5, 0.6) is 0 Å². The van der Waals surface area contributed by atoms with Crippen molar-refractivity contribution in [1.29, 1.82) is 0 Å². The fourth-order valence-electron chi connectivity index (χ4n) is 2.32. The minimum atomic E-state index is -0.234. The summed E-state index contributed by atoms with van der Waals surface area (Å²) in [5.41, 5.74) is 2.67. The molecule has 3 aromatic heterocycles. The Morgan fingerprint density at radius 1 is 1.23 bits per heavy atom. The molecule has 7 heteroatoms. The van der Waals surface area contributed by atoms with E-state index >= 15 is 0 Å². The SMILES string of the molecule is Cc1nc2cc(NC(=O)c3ccnc4ccnn34)ccc2s1. The Balaban J connectivity index is 1.69. The van der Waals surface area contributed by atoms with Gasteiger partial charge in [0.25, 0.3) is 5.91 Å². The number of nitrogens with one attached hydrogen (secondary N) is 1. The molecule has 6 nitrogen and oxygen atoms in total. The molecule has 0 saturated carbocycles. The van der Waals surface area contributed by atoms with Gasteiger partial charge in [0.05, 0.1) is 21.4 Å². The Hall–Kier alpha value is -2.80. The third kappa shape index (κ3) is 2.11. The minimum absolute atomic E-state index is 0.234. The summed E-state index contributed by atoms with van der Waals surface area (Å²) in [6, 6.07) is 9.10. The van der Waals surface area contributed by atoms with Crippen LogP contribution in [0.1, 0.15) is 15.5 Å². The van der Waals surface area contributed by atoms with Crippen molar-refractivity contribution in [2.24, 2.45) is 0 Å². The molecule has 0 spiro atoms. The van der Waals surface area contributed by atoms with E-state index in [0.717, 1.165) is 15.2 Å². The molecule has 1 N–H and O–H groups in total. The van der Waals surface area contributed by atoms with Gasteiger partial charge in [0.1, 0.15) is 5.69 Å². The quantitative estimate of drug-likeness (QED) is 0.618. The normalized spacial score (nSPS) is 11.1. The molecular weight excluding hydrogens is 298 g/mol. The van der Waals surface area contributed by atoms with E-state index in [0.29, 0.717) is 17.0 Å². The Morgan fingerprint density at radius 3 is 3.05 bits per heavy atom. The third-order valence-corrected chi connectivity index (χ3v) is 4.23. The van der Waals surface area contributed by atoms with E-state index in [1.807, 2.05) is 25.1 Å². The van der Waals surface area contributed by atoms with Crippen molar-refractivity contribution in [3.63, 3.8) is 0 Å². The Kier molecular flexibility index (Phi) is 2.87. The molecule has 0 bridgehead atoms. The number of nitrogens with zero attached hydrogens (tertiary/aromatic N) is 4. The lowest BCUT2D eigenvalue weighted by Gasteiger charge is -2.06. The molecule has 0 atom stereocenters. The van der Waals surface area contributed by atoms with Crippen molar-refractivity contribution in [3.05, 3.63) is 53.4 Å². The second-order valence-corrected chi connectivity index (χ2v) is 6.04. The maximum absolute atomic E-state index is 12.4. The summed E-state index contributed by atoms with van der Waals surface area (Å²) in [4.78, 5) is 21.0. The van der Waals surface area contributed by atoms with E-state index < -0.39 is 0 Å². The summed E-state index contributed by atoms with van der Waals surface area (Å²) >= 11 is 1.63. The molecular formula is C15H11N5OS. The van der Waals surface area contributed by atoms with Crippen LogP contribution in [0, 0.1) is 6.92 Å². The summed E-state index contributed by atoms with van der Waals surface area (Å²) in [5.74, 6) is -0.234. The highest BCUT2D eigenvalue weighted by Crippen LogP contribution is 2.24. The van der Waals surface area contributed by atoms with Crippen LogP contribution in [-0.2, 0) is 0 Å². The van der Waals surface area contributed by atoms with Crippen molar-refractivity contribution >= 4 is 38.8 Å². The fourth-order valence-corrected chi connectivity index (χ4v) is 3.13. The van der Waals surface area contributed by atoms with Gasteiger partial charge in [-0.3, -0.25) is 4.79 Å². The molecule has 0 aliphatic carbocycles. The number of amides is 1.